The number of rotatable bonds is 2. The molecule has 1 N–H and O–H groups in total. The predicted octanol–water partition coefficient (Wildman–Crippen LogP) is 1.56. The lowest BCUT2D eigenvalue weighted by Crippen LogP contribution is -2.34. The van der Waals surface area contributed by atoms with E-state index in [0.29, 0.717) is 17.7 Å². The van der Waals surface area contributed by atoms with Crippen LogP contribution in [0.5, 0.6) is 0 Å². The van der Waals surface area contributed by atoms with Crippen molar-refractivity contribution < 1.29 is 0 Å². The number of hydrogen-bond acceptors (Lipinski definition) is 4. The third-order valence-corrected chi connectivity index (χ3v) is 2.48. The van der Waals surface area contributed by atoms with Crippen molar-refractivity contribution in [1.82, 2.24) is 9.97 Å². The van der Waals surface area contributed by atoms with Crippen molar-refractivity contribution in [1.29, 1.82) is 5.26 Å². The van der Waals surface area contributed by atoms with E-state index in [4.69, 9.17) is 5.26 Å². The fraction of sp³-hybridized carbons (Fsp3) is 0.500. The highest BCUT2D eigenvalue weighted by Gasteiger charge is 2.25. The molecule has 1 fully saturated rings. The Morgan fingerprint density at radius 3 is 3.00 bits per heavy atom. The summed E-state index contributed by atoms with van der Waals surface area (Å²) in [6.45, 7) is 2.23. The largest absolute Gasteiger partial charge is 0.351 e. The van der Waals surface area contributed by atoms with Gasteiger partial charge in [-0.05, 0) is 24.8 Å². The maximum atomic E-state index is 8.64. The van der Waals surface area contributed by atoms with Gasteiger partial charge in [-0.2, -0.15) is 5.26 Å². The number of hydrogen-bond donors (Lipinski definition) is 1. The van der Waals surface area contributed by atoms with Crippen molar-refractivity contribution in [3.63, 3.8) is 0 Å². The highest BCUT2D eigenvalue weighted by atomic mass is 15.1. The number of nitrogens with one attached hydrogen (secondary N) is 1. The first-order chi connectivity index (χ1) is 6.78. The van der Waals surface area contributed by atoms with Gasteiger partial charge in [0.1, 0.15) is 11.8 Å². The summed E-state index contributed by atoms with van der Waals surface area (Å²) in [4.78, 5) is 8.12. The van der Waals surface area contributed by atoms with Gasteiger partial charge in [0.05, 0.1) is 0 Å². The fourth-order valence-electron chi connectivity index (χ4n) is 1.69. The molecule has 1 aromatic heterocycles. The Labute approximate surface area is 83.0 Å². The van der Waals surface area contributed by atoms with Gasteiger partial charge in [-0.15, -0.1) is 0 Å². The molecular formula is C10H12N4. The van der Waals surface area contributed by atoms with E-state index >= 15 is 0 Å². The van der Waals surface area contributed by atoms with Crippen LogP contribution < -0.4 is 5.32 Å². The molecule has 0 aliphatic heterocycles. The van der Waals surface area contributed by atoms with E-state index < -0.39 is 0 Å². The van der Waals surface area contributed by atoms with Gasteiger partial charge in [0.2, 0.25) is 5.95 Å². The van der Waals surface area contributed by atoms with Crippen LogP contribution in [0.15, 0.2) is 12.3 Å². The zero-order valence-corrected chi connectivity index (χ0v) is 8.07. The summed E-state index contributed by atoms with van der Waals surface area (Å²) < 4.78 is 0. The summed E-state index contributed by atoms with van der Waals surface area (Å²) in [7, 11) is 0. The van der Waals surface area contributed by atoms with Crippen molar-refractivity contribution in [3.8, 4) is 6.07 Å². The number of nitrogens with zero attached hydrogens (tertiary/aromatic N) is 3. The normalized spacial score (nSPS) is 24.9. The molecule has 1 aromatic rings. The average Bonchev–Trinajstić information content (AvgIpc) is 2.16. The second kappa shape index (κ2) is 3.62. The van der Waals surface area contributed by atoms with E-state index in [1.165, 1.54) is 12.8 Å². The van der Waals surface area contributed by atoms with Crippen molar-refractivity contribution in [2.24, 2.45) is 5.92 Å². The van der Waals surface area contributed by atoms with E-state index in [9.17, 15) is 0 Å². The summed E-state index contributed by atoms with van der Waals surface area (Å²) in [6, 6.07) is 4.09. The highest BCUT2D eigenvalue weighted by Crippen LogP contribution is 2.28. The smallest absolute Gasteiger partial charge is 0.224 e. The molecule has 1 aliphatic carbocycles. The van der Waals surface area contributed by atoms with Crippen LogP contribution in [0.25, 0.3) is 0 Å². The van der Waals surface area contributed by atoms with Crippen molar-refractivity contribution >= 4 is 5.95 Å². The van der Waals surface area contributed by atoms with Crippen LogP contribution in [-0.2, 0) is 0 Å². The summed E-state index contributed by atoms with van der Waals surface area (Å²) in [6.07, 6.45) is 3.94. The van der Waals surface area contributed by atoms with Gasteiger partial charge in [0.25, 0.3) is 0 Å². The lowest BCUT2D eigenvalue weighted by molar-refractivity contribution is 0.308. The molecule has 0 saturated heterocycles. The second-order valence-electron chi connectivity index (χ2n) is 3.80. The topological polar surface area (TPSA) is 61.6 Å². The van der Waals surface area contributed by atoms with Gasteiger partial charge in [0.15, 0.2) is 0 Å². The molecule has 0 amide bonds. The van der Waals surface area contributed by atoms with Gasteiger partial charge < -0.3 is 5.32 Å². The van der Waals surface area contributed by atoms with Crippen LogP contribution in [0.3, 0.4) is 0 Å². The Morgan fingerprint density at radius 2 is 2.36 bits per heavy atom. The Hall–Kier alpha value is -1.63. The van der Waals surface area contributed by atoms with Crippen LogP contribution in [0.2, 0.25) is 0 Å². The van der Waals surface area contributed by atoms with Crippen molar-refractivity contribution in [2.45, 2.75) is 25.8 Å². The highest BCUT2D eigenvalue weighted by molar-refractivity contribution is 5.31. The van der Waals surface area contributed by atoms with Gasteiger partial charge in [-0.3, -0.25) is 0 Å². The molecule has 0 aromatic carbocycles. The van der Waals surface area contributed by atoms with E-state index in [1.54, 1.807) is 12.3 Å². The minimum atomic E-state index is 0.412. The molecular weight excluding hydrogens is 176 g/mol. The molecule has 2 rings (SSSR count). The molecule has 1 aliphatic rings. The first kappa shape index (κ1) is 8.95. The summed E-state index contributed by atoms with van der Waals surface area (Å²) in [5.74, 6) is 1.37. The van der Waals surface area contributed by atoms with Crippen LogP contribution in [0.1, 0.15) is 25.5 Å². The third kappa shape index (κ3) is 1.82. The lowest BCUT2D eigenvalue weighted by atomic mass is 9.82. The maximum absolute atomic E-state index is 8.64. The van der Waals surface area contributed by atoms with Gasteiger partial charge >= 0.3 is 0 Å². The molecule has 0 bridgehead atoms. The minimum Gasteiger partial charge on any atom is -0.351 e. The minimum absolute atomic E-state index is 0.412. The molecule has 4 nitrogen and oxygen atoms in total. The second-order valence-corrected chi connectivity index (χ2v) is 3.80. The van der Waals surface area contributed by atoms with Gasteiger partial charge in [-0.25, -0.2) is 9.97 Å². The van der Waals surface area contributed by atoms with Crippen molar-refractivity contribution in [3.05, 3.63) is 18.0 Å². The van der Waals surface area contributed by atoms with Crippen molar-refractivity contribution in [2.75, 3.05) is 5.32 Å². The molecule has 0 spiro atoms. The lowest BCUT2D eigenvalue weighted by Gasteiger charge is -2.33. The number of aromatic nitrogens is 2. The zero-order valence-electron chi connectivity index (χ0n) is 8.07. The fourth-order valence-corrected chi connectivity index (χ4v) is 1.69. The maximum Gasteiger partial charge on any atom is 0.224 e. The zero-order chi connectivity index (χ0) is 9.97. The van der Waals surface area contributed by atoms with Gasteiger partial charge in [-0.1, -0.05) is 6.92 Å². The van der Waals surface area contributed by atoms with Gasteiger partial charge in [0, 0.05) is 12.2 Å². The summed E-state index contributed by atoms with van der Waals surface area (Å²) in [5.41, 5.74) is 0.412. The van der Waals surface area contributed by atoms with E-state index in [-0.39, 0.29) is 0 Å². The molecule has 0 radical (unpaired) electrons. The Bertz CT molecular complexity index is 363. The molecule has 4 heteroatoms. The summed E-state index contributed by atoms with van der Waals surface area (Å²) >= 11 is 0. The SMILES string of the molecule is CC1CC(Nc2nccc(C#N)n2)C1. The standard InChI is InChI=1S/C10H12N4/c1-7-4-9(5-7)14-10-12-3-2-8(6-11)13-10/h2-3,7,9H,4-5H2,1H3,(H,12,13,14). The molecule has 0 atom stereocenters. The summed E-state index contributed by atoms with van der Waals surface area (Å²) in [5, 5.41) is 11.9. The monoisotopic (exact) mass is 188 g/mol. The van der Waals surface area contributed by atoms with Crippen LogP contribution in [0.4, 0.5) is 5.95 Å². The molecule has 72 valence electrons. The third-order valence-electron chi connectivity index (χ3n) is 2.48. The Balaban J connectivity index is 2.00. The quantitative estimate of drug-likeness (QED) is 0.765. The molecule has 1 heterocycles. The first-order valence-corrected chi connectivity index (χ1v) is 4.77. The Morgan fingerprint density at radius 1 is 1.57 bits per heavy atom. The van der Waals surface area contributed by atoms with E-state index in [1.807, 2.05) is 6.07 Å². The molecule has 14 heavy (non-hydrogen) atoms. The van der Waals surface area contributed by atoms with Crippen LogP contribution >= 0.6 is 0 Å². The molecule has 1 saturated carbocycles. The number of nitriles is 1. The Kier molecular flexibility index (Phi) is 2.32. The van der Waals surface area contributed by atoms with E-state index in [0.717, 1.165) is 5.92 Å². The van der Waals surface area contributed by atoms with Crippen LogP contribution in [-0.4, -0.2) is 16.0 Å². The number of anilines is 1. The predicted molar refractivity (Wildman–Crippen MR) is 52.6 cm³/mol. The first-order valence-electron chi connectivity index (χ1n) is 4.77. The van der Waals surface area contributed by atoms with E-state index in [2.05, 4.69) is 22.2 Å². The average molecular weight is 188 g/mol. The molecule has 0 unspecified atom stereocenters. The van der Waals surface area contributed by atoms with Crippen LogP contribution in [0, 0.1) is 17.2 Å².